The minimum Gasteiger partial charge on any atom is -0.409 e. The second-order valence-electron chi connectivity index (χ2n) is 4.04. The second kappa shape index (κ2) is 5.82. The van der Waals surface area contributed by atoms with E-state index in [2.05, 4.69) is 10.5 Å². The van der Waals surface area contributed by atoms with Crippen LogP contribution in [0.25, 0.3) is 0 Å². The molecule has 0 aliphatic heterocycles. The summed E-state index contributed by atoms with van der Waals surface area (Å²) in [5.74, 6) is 0.236. The van der Waals surface area contributed by atoms with E-state index in [1.807, 2.05) is 20.8 Å². The molecule has 0 amide bonds. The molecule has 5 heteroatoms. The van der Waals surface area contributed by atoms with E-state index in [0.717, 1.165) is 6.54 Å². The van der Waals surface area contributed by atoms with E-state index in [9.17, 15) is 0 Å². The van der Waals surface area contributed by atoms with Gasteiger partial charge >= 0.3 is 0 Å². The van der Waals surface area contributed by atoms with E-state index in [4.69, 9.17) is 15.7 Å². The summed E-state index contributed by atoms with van der Waals surface area (Å²) in [4.78, 5) is 0. The molecule has 0 spiro atoms. The average molecular weight is 203 g/mol. The summed E-state index contributed by atoms with van der Waals surface area (Å²) in [5, 5.41) is 14.5. The van der Waals surface area contributed by atoms with Crippen molar-refractivity contribution >= 4 is 5.84 Å². The number of nitrogens with one attached hydrogen (secondary N) is 1. The number of rotatable bonds is 6. The molecular weight excluding hydrogens is 182 g/mol. The van der Waals surface area contributed by atoms with Crippen molar-refractivity contribution in [2.75, 3.05) is 13.7 Å². The van der Waals surface area contributed by atoms with Crippen molar-refractivity contribution < 1.29 is 9.94 Å². The predicted molar refractivity (Wildman–Crippen MR) is 56.6 cm³/mol. The minimum atomic E-state index is -0.195. The van der Waals surface area contributed by atoms with Crippen LogP contribution in [-0.4, -0.2) is 36.3 Å². The number of hydrogen-bond donors (Lipinski definition) is 3. The molecule has 0 bridgehead atoms. The summed E-state index contributed by atoms with van der Waals surface area (Å²) in [6, 6.07) is 0.167. The van der Waals surface area contributed by atoms with Gasteiger partial charge in [-0.1, -0.05) is 5.16 Å². The van der Waals surface area contributed by atoms with Crippen molar-refractivity contribution in [2.24, 2.45) is 10.9 Å². The van der Waals surface area contributed by atoms with Crippen molar-refractivity contribution in [1.82, 2.24) is 5.32 Å². The van der Waals surface area contributed by atoms with Crippen molar-refractivity contribution in [3.05, 3.63) is 0 Å². The highest BCUT2D eigenvalue weighted by atomic mass is 16.5. The molecule has 0 fully saturated rings. The van der Waals surface area contributed by atoms with Gasteiger partial charge in [-0.05, 0) is 20.8 Å². The first-order chi connectivity index (χ1) is 6.41. The van der Waals surface area contributed by atoms with E-state index in [1.54, 1.807) is 7.11 Å². The maximum atomic E-state index is 8.37. The van der Waals surface area contributed by atoms with E-state index < -0.39 is 0 Å². The first-order valence-corrected chi connectivity index (χ1v) is 4.66. The maximum absolute atomic E-state index is 8.37. The Balaban J connectivity index is 3.80. The molecule has 0 aliphatic carbocycles. The highest BCUT2D eigenvalue weighted by Gasteiger charge is 2.17. The Morgan fingerprint density at radius 3 is 2.64 bits per heavy atom. The lowest BCUT2D eigenvalue weighted by molar-refractivity contribution is 0.0216. The molecular formula is C9H21N3O2. The second-order valence-corrected chi connectivity index (χ2v) is 4.04. The number of nitrogens with two attached hydrogens (primary N) is 1. The standard InChI is InChI=1S/C9H21N3O2/c1-7(5-8(10)12-13)11-6-9(2,3)14-4/h7,11,13H,5-6H2,1-4H3,(H2,10,12). The van der Waals surface area contributed by atoms with Gasteiger partial charge in [-0.25, -0.2) is 0 Å². The van der Waals surface area contributed by atoms with Gasteiger partial charge in [-0.2, -0.15) is 0 Å². The number of amidine groups is 1. The Hall–Kier alpha value is -0.810. The highest BCUT2D eigenvalue weighted by Crippen LogP contribution is 2.05. The molecule has 0 aromatic rings. The predicted octanol–water partition coefficient (Wildman–Crippen LogP) is 0.526. The summed E-state index contributed by atoms with van der Waals surface area (Å²) in [5.41, 5.74) is 5.18. The number of nitrogens with zero attached hydrogens (tertiary/aromatic N) is 1. The fourth-order valence-electron chi connectivity index (χ4n) is 0.919. The fraction of sp³-hybridized carbons (Fsp3) is 0.889. The van der Waals surface area contributed by atoms with Crippen LogP contribution in [-0.2, 0) is 4.74 Å². The summed E-state index contributed by atoms with van der Waals surface area (Å²) >= 11 is 0. The van der Waals surface area contributed by atoms with Crippen LogP contribution in [0.5, 0.6) is 0 Å². The zero-order valence-corrected chi connectivity index (χ0v) is 9.37. The van der Waals surface area contributed by atoms with E-state index >= 15 is 0 Å². The summed E-state index contributed by atoms with van der Waals surface area (Å²) in [6.07, 6.45) is 0.524. The molecule has 84 valence electrons. The molecule has 1 unspecified atom stereocenters. The average Bonchev–Trinajstić information content (AvgIpc) is 2.15. The lowest BCUT2D eigenvalue weighted by atomic mass is 10.1. The molecule has 0 saturated heterocycles. The first-order valence-electron chi connectivity index (χ1n) is 4.66. The summed E-state index contributed by atoms with van der Waals surface area (Å²) in [6.45, 7) is 6.69. The molecule has 4 N–H and O–H groups in total. The highest BCUT2D eigenvalue weighted by molar-refractivity contribution is 5.80. The third kappa shape index (κ3) is 5.77. The van der Waals surface area contributed by atoms with Gasteiger partial charge in [0.05, 0.1) is 5.60 Å². The zero-order chi connectivity index (χ0) is 11.2. The van der Waals surface area contributed by atoms with Crippen LogP contribution < -0.4 is 11.1 Å². The van der Waals surface area contributed by atoms with Gasteiger partial charge in [0.15, 0.2) is 0 Å². The van der Waals surface area contributed by atoms with E-state index in [1.165, 1.54) is 0 Å². The molecule has 0 radical (unpaired) electrons. The molecule has 0 aliphatic rings. The molecule has 0 aromatic carbocycles. The maximum Gasteiger partial charge on any atom is 0.140 e. The molecule has 0 saturated carbocycles. The topological polar surface area (TPSA) is 79.9 Å². The number of methoxy groups -OCH3 is 1. The molecule has 0 aromatic heterocycles. The van der Waals surface area contributed by atoms with Gasteiger partial charge < -0.3 is 21.0 Å². The molecule has 0 rings (SSSR count). The van der Waals surface area contributed by atoms with Crippen LogP contribution in [0.1, 0.15) is 27.2 Å². The Morgan fingerprint density at radius 1 is 1.64 bits per heavy atom. The Morgan fingerprint density at radius 2 is 2.21 bits per heavy atom. The van der Waals surface area contributed by atoms with Crippen LogP contribution in [0.3, 0.4) is 0 Å². The molecule has 1 atom stereocenters. The monoisotopic (exact) mass is 203 g/mol. The minimum absolute atomic E-state index is 0.167. The SMILES string of the molecule is COC(C)(C)CNC(C)CC(N)=NO. The van der Waals surface area contributed by atoms with Gasteiger partial charge in [0.25, 0.3) is 0 Å². The third-order valence-electron chi connectivity index (χ3n) is 2.07. The smallest absolute Gasteiger partial charge is 0.140 e. The van der Waals surface area contributed by atoms with Crippen LogP contribution in [0.2, 0.25) is 0 Å². The molecule has 5 nitrogen and oxygen atoms in total. The molecule has 0 heterocycles. The Labute approximate surface area is 85.3 Å². The van der Waals surface area contributed by atoms with Gasteiger partial charge in [0.2, 0.25) is 0 Å². The van der Waals surface area contributed by atoms with Gasteiger partial charge in [-0.15, -0.1) is 0 Å². The van der Waals surface area contributed by atoms with Gasteiger partial charge in [0, 0.05) is 26.1 Å². The van der Waals surface area contributed by atoms with E-state index in [-0.39, 0.29) is 17.5 Å². The van der Waals surface area contributed by atoms with E-state index in [0.29, 0.717) is 6.42 Å². The lowest BCUT2D eigenvalue weighted by Crippen LogP contribution is -2.42. The van der Waals surface area contributed by atoms with Crippen LogP contribution in [0, 0.1) is 0 Å². The number of hydrogen-bond acceptors (Lipinski definition) is 4. The van der Waals surface area contributed by atoms with Crippen molar-refractivity contribution in [3.63, 3.8) is 0 Å². The van der Waals surface area contributed by atoms with Crippen LogP contribution >= 0.6 is 0 Å². The van der Waals surface area contributed by atoms with Gasteiger partial charge in [-0.3, -0.25) is 0 Å². The summed E-state index contributed by atoms with van der Waals surface area (Å²) < 4.78 is 5.25. The third-order valence-corrected chi connectivity index (χ3v) is 2.07. The largest absolute Gasteiger partial charge is 0.409 e. The zero-order valence-electron chi connectivity index (χ0n) is 9.37. The van der Waals surface area contributed by atoms with Crippen molar-refractivity contribution in [3.8, 4) is 0 Å². The van der Waals surface area contributed by atoms with Crippen LogP contribution in [0.4, 0.5) is 0 Å². The quantitative estimate of drug-likeness (QED) is 0.254. The lowest BCUT2D eigenvalue weighted by Gasteiger charge is -2.25. The Bertz CT molecular complexity index is 192. The van der Waals surface area contributed by atoms with Crippen molar-refractivity contribution in [1.29, 1.82) is 0 Å². The number of oxime groups is 1. The fourth-order valence-corrected chi connectivity index (χ4v) is 0.919. The molecule has 14 heavy (non-hydrogen) atoms. The number of ether oxygens (including phenoxy) is 1. The van der Waals surface area contributed by atoms with Crippen molar-refractivity contribution in [2.45, 2.75) is 38.8 Å². The normalized spacial score (nSPS) is 15.6. The Kier molecular flexibility index (Phi) is 5.49. The summed E-state index contributed by atoms with van der Waals surface area (Å²) in [7, 11) is 1.68. The van der Waals surface area contributed by atoms with Gasteiger partial charge in [0.1, 0.15) is 5.84 Å². The first kappa shape index (κ1) is 13.2. The van der Waals surface area contributed by atoms with Crippen LogP contribution in [0.15, 0.2) is 5.16 Å².